The van der Waals surface area contributed by atoms with E-state index in [0.29, 0.717) is 11.8 Å². The Morgan fingerprint density at radius 3 is 2.52 bits per heavy atom. The molecule has 1 N–H and O–H groups in total. The Morgan fingerprint density at radius 2 is 1.86 bits per heavy atom. The summed E-state index contributed by atoms with van der Waals surface area (Å²) >= 11 is 0. The lowest BCUT2D eigenvalue weighted by atomic mass is 9.87. The van der Waals surface area contributed by atoms with Crippen LogP contribution in [0.25, 0.3) is 0 Å². The van der Waals surface area contributed by atoms with Crippen molar-refractivity contribution in [3.05, 3.63) is 36.4 Å². The quantitative estimate of drug-likeness (QED) is 0.864. The predicted molar refractivity (Wildman–Crippen MR) is 87.8 cm³/mol. The molecule has 0 amide bonds. The third kappa shape index (κ3) is 3.24. The number of hydrogen-bond acceptors (Lipinski definition) is 3. The number of para-hydroxylation sites is 2. The molecule has 2 aliphatic rings. The topological polar surface area (TPSA) is 26.7 Å². The molecule has 0 radical (unpaired) electrons. The van der Waals surface area contributed by atoms with Gasteiger partial charge in [-0.1, -0.05) is 24.3 Å². The summed E-state index contributed by atoms with van der Waals surface area (Å²) in [5.74, 6) is 1.21. The van der Waals surface area contributed by atoms with E-state index in [9.17, 15) is 5.11 Å². The third-order valence-electron chi connectivity index (χ3n) is 5.10. The number of benzene rings is 1. The van der Waals surface area contributed by atoms with E-state index in [2.05, 4.69) is 28.9 Å². The fraction of sp³-hybridized carbons (Fsp3) is 0.556. The number of nitrogens with zero attached hydrogens (tertiary/aromatic N) is 2. The van der Waals surface area contributed by atoms with Crippen molar-refractivity contribution in [2.45, 2.75) is 32.2 Å². The number of phenolic OH excluding ortho intramolecular Hbond substituents is 1. The molecule has 114 valence electrons. The zero-order valence-corrected chi connectivity index (χ0v) is 12.9. The van der Waals surface area contributed by atoms with Crippen LogP contribution in [0.2, 0.25) is 0 Å². The van der Waals surface area contributed by atoms with Crippen molar-refractivity contribution >= 4 is 5.69 Å². The summed E-state index contributed by atoms with van der Waals surface area (Å²) in [6, 6.07) is 8.34. The fourth-order valence-electron chi connectivity index (χ4n) is 3.65. The van der Waals surface area contributed by atoms with Crippen LogP contribution in [0.15, 0.2) is 36.4 Å². The van der Waals surface area contributed by atoms with Crippen molar-refractivity contribution in [3.8, 4) is 5.75 Å². The largest absolute Gasteiger partial charge is 0.506 e. The van der Waals surface area contributed by atoms with E-state index in [1.807, 2.05) is 18.2 Å². The second-order valence-electron chi connectivity index (χ2n) is 6.30. The Bertz CT molecular complexity index is 492. The van der Waals surface area contributed by atoms with Gasteiger partial charge in [-0.25, -0.2) is 0 Å². The molecular weight excluding hydrogens is 260 g/mol. The van der Waals surface area contributed by atoms with Gasteiger partial charge in [-0.3, -0.25) is 4.90 Å². The van der Waals surface area contributed by atoms with Crippen LogP contribution < -0.4 is 4.90 Å². The van der Waals surface area contributed by atoms with Crippen LogP contribution >= 0.6 is 0 Å². The molecule has 21 heavy (non-hydrogen) atoms. The number of phenols is 1. The van der Waals surface area contributed by atoms with Gasteiger partial charge in [0.1, 0.15) is 5.75 Å². The van der Waals surface area contributed by atoms with Gasteiger partial charge in [-0.2, -0.15) is 0 Å². The lowest BCUT2D eigenvalue weighted by Crippen LogP contribution is -2.51. The molecule has 0 aromatic heterocycles. The molecule has 1 aliphatic heterocycles. The third-order valence-corrected chi connectivity index (χ3v) is 5.10. The van der Waals surface area contributed by atoms with E-state index < -0.39 is 0 Å². The van der Waals surface area contributed by atoms with Crippen LogP contribution in [-0.4, -0.2) is 42.2 Å². The molecule has 1 aliphatic carbocycles. The zero-order chi connectivity index (χ0) is 14.7. The molecule has 0 saturated carbocycles. The van der Waals surface area contributed by atoms with Gasteiger partial charge in [0.15, 0.2) is 0 Å². The van der Waals surface area contributed by atoms with Crippen molar-refractivity contribution in [1.82, 2.24) is 4.90 Å². The molecule has 1 aromatic rings. The molecule has 0 unspecified atom stereocenters. The van der Waals surface area contributed by atoms with Crippen LogP contribution in [0.5, 0.6) is 5.75 Å². The molecule has 0 bridgehead atoms. The Labute approximate surface area is 127 Å². The van der Waals surface area contributed by atoms with Crippen molar-refractivity contribution in [2.75, 3.05) is 31.1 Å². The molecular formula is C18H26N2O. The predicted octanol–water partition coefficient (Wildman–Crippen LogP) is 3.26. The first-order chi connectivity index (χ1) is 10.3. The molecule has 3 nitrogen and oxygen atoms in total. The zero-order valence-electron chi connectivity index (χ0n) is 12.9. The Morgan fingerprint density at radius 1 is 1.10 bits per heavy atom. The summed E-state index contributed by atoms with van der Waals surface area (Å²) < 4.78 is 0. The number of piperazine rings is 1. The minimum Gasteiger partial charge on any atom is -0.506 e. The smallest absolute Gasteiger partial charge is 0.138 e. The monoisotopic (exact) mass is 286 g/mol. The average molecular weight is 286 g/mol. The molecule has 2 atom stereocenters. The second kappa shape index (κ2) is 6.52. The highest BCUT2D eigenvalue weighted by Crippen LogP contribution is 2.29. The standard InChI is InChI=1S/C18H26N2O/c1-15(16-7-3-2-4-8-16)19-11-13-20(14-12-19)17-9-5-6-10-18(17)21/h2-3,5-6,9-10,15-16,21H,4,7-8,11-14H2,1H3/t15-,16-/m0/s1. The van der Waals surface area contributed by atoms with Crippen molar-refractivity contribution < 1.29 is 5.11 Å². The lowest BCUT2D eigenvalue weighted by molar-refractivity contribution is 0.139. The van der Waals surface area contributed by atoms with Gasteiger partial charge in [0.05, 0.1) is 5.69 Å². The average Bonchev–Trinajstić information content (AvgIpc) is 2.56. The van der Waals surface area contributed by atoms with Crippen LogP contribution in [-0.2, 0) is 0 Å². The second-order valence-corrected chi connectivity index (χ2v) is 6.30. The number of rotatable bonds is 3. The van der Waals surface area contributed by atoms with Gasteiger partial charge < -0.3 is 10.0 Å². The summed E-state index contributed by atoms with van der Waals surface area (Å²) in [4.78, 5) is 4.93. The molecule has 1 aromatic carbocycles. The van der Waals surface area contributed by atoms with Crippen molar-refractivity contribution in [3.63, 3.8) is 0 Å². The van der Waals surface area contributed by atoms with Gasteiger partial charge in [0, 0.05) is 32.2 Å². The first-order valence-corrected chi connectivity index (χ1v) is 8.17. The number of anilines is 1. The van der Waals surface area contributed by atoms with Gasteiger partial charge in [0.2, 0.25) is 0 Å². The maximum atomic E-state index is 9.98. The normalized spacial score (nSPS) is 25.0. The summed E-state index contributed by atoms with van der Waals surface area (Å²) in [7, 11) is 0. The SMILES string of the molecule is C[C@@H]([C@H]1CC=CCC1)N1CCN(c2ccccc2O)CC1. The van der Waals surface area contributed by atoms with E-state index in [0.717, 1.165) is 37.8 Å². The van der Waals surface area contributed by atoms with E-state index in [1.54, 1.807) is 6.07 Å². The highest BCUT2D eigenvalue weighted by atomic mass is 16.3. The van der Waals surface area contributed by atoms with Gasteiger partial charge in [-0.15, -0.1) is 0 Å². The molecule has 3 rings (SSSR count). The molecule has 1 heterocycles. The number of hydrogen-bond donors (Lipinski definition) is 1. The van der Waals surface area contributed by atoms with E-state index >= 15 is 0 Å². The number of allylic oxidation sites excluding steroid dienone is 2. The van der Waals surface area contributed by atoms with Gasteiger partial charge >= 0.3 is 0 Å². The lowest BCUT2D eigenvalue weighted by Gasteiger charge is -2.42. The van der Waals surface area contributed by atoms with Crippen LogP contribution in [0.4, 0.5) is 5.69 Å². The fourth-order valence-corrected chi connectivity index (χ4v) is 3.65. The molecule has 1 fully saturated rings. The van der Waals surface area contributed by atoms with Crippen LogP contribution in [0.1, 0.15) is 26.2 Å². The maximum Gasteiger partial charge on any atom is 0.138 e. The Hall–Kier alpha value is -1.48. The molecule has 3 heteroatoms. The first-order valence-electron chi connectivity index (χ1n) is 8.17. The summed E-state index contributed by atoms with van der Waals surface area (Å²) in [6.45, 7) is 6.58. The van der Waals surface area contributed by atoms with Crippen molar-refractivity contribution in [2.24, 2.45) is 5.92 Å². The van der Waals surface area contributed by atoms with Gasteiger partial charge in [0.25, 0.3) is 0 Å². The number of aromatic hydroxyl groups is 1. The molecule has 0 spiro atoms. The minimum atomic E-state index is 0.399. The summed E-state index contributed by atoms with van der Waals surface area (Å²) in [5.41, 5.74) is 0.977. The van der Waals surface area contributed by atoms with E-state index in [1.165, 1.54) is 19.3 Å². The first kappa shape index (κ1) is 14.5. The summed E-state index contributed by atoms with van der Waals surface area (Å²) in [5, 5.41) is 9.98. The van der Waals surface area contributed by atoms with Crippen LogP contribution in [0.3, 0.4) is 0 Å². The minimum absolute atomic E-state index is 0.399. The van der Waals surface area contributed by atoms with Crippen molar-refractivity contribution in [1.29, 1.82) is 0 Å². The Balaban J connectivity index is 1.57. The molecule has 1 saturated heterocycles. The van der Waals surface area contributed by atoms with E-state index in [4.69, 9.17) is 0 Å². The highest BCUT2D eigenvalue weighted by Gasteiger charge is 2.27. The highest BCUT2D eigenvalue weighted by molar-refractivity contribution is 5.57. The van der Waals surface area contributed by atoms with Gasteiger partial charge in [-0.05, 0) is 44.2 Å². The van der Waals surface area contributed by atoms with Crippen LogP contribution in [0, 0.1) is 5.92 Å². The maximum absolute atomic E-state index is 9.98. The summed E-state index contributed by atoms with van der Waals surface area (Å²) in [6.07, 6.45) is 8.48. The van der Waals surface area contributed by atoms with E-state index in [-0.39, 0.29) is 0 Å². The Kier molecular flexibility index (Phi) is 4.49.